The number of carboxylic acid groups (broad SMARTS) is 1. The summed E-state index contributed by atoms with van der Waals surface area (Å²) in [4.78, 5) is 20.0. The number of hydrogen-bond donors (Lipinski definition) is 1. The predicted octanol–water partition coefficient (Wildman–Crippen LogP) is 2.44. The zero-order chi connectivity index (χ0) is 13.3. The van der Waals surface area contributed by atoms with Crippen LogP contribution >= 0.6 is 11.3 Å². The molecule has 0 aliphatic heterocycles. The molecule has 0 aliphatic carbocycles. The van der Waals surface area contributed by atoms with Gasteiger partial charge in [-0.1, -0.05) is 13.8 Å². The molecule has 0 spiro atoms. The Labute approximate surface area is 109 Å². The first kappa shape index (κ1) is 12.8. The van der Waals surface area contributed by atoms with Crippen LogP contribution in [0.3, 0.4) is 0 Å². The third-order valence-electron chi connectivity index (χ3n) is 2.53. The first-order valence-electron chi connectivity index (χ1n) is 5.68. The second-order valence-corrected chi connectivity index (χ2v) is 5.59. The van der Waals surface area contributed by atoms with E-state index in [1.165, 1.54) is 11.3 Å². The molecule has 2 aromatic heterocycles. The van der Waals surface area contributed by atoms with E-state index in [-0.39, 0.29) is 0 Å². The van der Waals surface area contributed by atoms with Crippen LogP contribution in [0.25, 0.3) is 10.7 Å². The lowest BCUT2D eigenvalue weighted by Gasteiger charge is -2.01. The molecule has 0 bridgehead atoms. The maximum absolute atomic E-state index is 11.2. The number of rotatable bonds is 4. The molecule has 5 nitrogen and oxygen atoms in total. The largest absolute Gasteiger partial charge is 0.477 e. The van der Waals surface area contributed by atoms with Crippen LogP contribution in [0.2, 0.25) is 0 Å². The molecule has 18 heavy (non-hydrogen) atoms. The first-order valence-corrected chi connectivity index (χ1v) is 6.50. The van der Waals surface area contributed by atoms with E-state index in [4.69, 9.17) is 0 Å². The Morgan fingerprint density at radius 3 is 2.78 bits per heavy atom. The van der Waals surface area contributed by atoms with Crippen LogP contribution in [0.5, 0.6) is 0 Å². The van der Waals surface area contributed by atoms with Crippen LogP contribution in [0, 0.1) is 5.92 Å². The zero-order valence-corrected chi connectivity index (χ0v) is 11.4. The number of aromatic carboxylic acids is 1. The van der Waals surface area contributed by atoms with Crippen molar-refractivity contribution in [3.63, 3.8) is 0 Å². The number of carboxylic acids is 1. The normalized spacial score (nSPS) is 11.1. The summed E-state index contributed by atoms with van der Waals surface area (Å²) in [7, 11) is 1.87. The van der Waals surface area contributed by atoms with Crippen molar-refractivity contribution in [2.45, 2.75) is 20.3 Å². The summed E-state index contributed by atoms with van der Waals surface area (Å²) in [5.41, 5.74) is 1.51. The van der Waals surface area contributed by atoms with Crippen molar-refractivity contribution in [2.24, 2.45) is 13.0 Å². The molecule has 0 unspecified atom stereocenters. The van der Waals surface area contributed by atoms with Gasteiger partial charge in [0.1, 0.15) is 9.88 Å². The number of aryl methyl sites for hydroxylation is 1. The minimum Gasteiger partial charge on any atom is -0.477 e. The third-order valence-corrected chi connectivity index (χ3v) is 3.64. The van der Waals surface area contributed by atoms with Crippen LogP contribution in [-0.4, -0.2) is 25.6 Å². The van der Waals surface area contributed by atoms with E-state index in [0.29, 0.717) is 27.9 Å². The molecule has 0 saturated heterocycles. The van der Waals surface area contributed by atoms with E-state index in [0.717, 1.165) is 5.69 Å². The Kier molecular flexibility index (Phi) is 3.47. The van der Waals surface area contributed by atoms with Gasteiger partial charge in [-0.05, 0) is 12.3 Å². The smallest absolute Gasteiger partial charge is 0.347 e. The van der Waals surface area contributed by atoms with Gasteiger partial charge in [-0.3, -0.25) is 0 Å². The van der Waals surface area contributed by atoms with Gasteiger partial charge in [0.2, 0.25) is 0 Å². The molecule has 0 saturated carbocycles. The molecule has 0 aromatic carbocycles. The number of nitrogens with zero attached hydrogens (tertiary/aromatic N) is 3. The van der Waals surface area contributed by atoms with Crippen molar-refractivity contribution in [3.8, 4) is 10.7 Å². The second-order valence-electron chi connectivity index (χ2n) is 4.59. The maximum Gasteiger partial charge on any atom is 0.347 e. The summed E-state index contributed by atoms with van der Waals surface area (Å²) >= 11 is 1.21. The van der Waals surface area contributed by atoms with Crippen molar-refractivity contribution < 1.29 is 9.90 Å². The standard InChI is InChI=1S/C12H15N3O2S/c1-7(2)4-8-10(12(16)17)18-11(14-8)9-5-13-6-15(9)3/h5-7H,4H2,1-3H3,(H,16,17). The van der Waals surface area contributed by atoms with Crippen LogP contribution in [0.15, 0.2) is 12.5 Å². The van der Waals surface area contributed by atoms with Gasteiger partial charge in [-0.25, -0.2) is 14.8 Å². The fourth-order valence-electron chi connectivity index (χ4n) is 1.72. The molecule has 6 heteroatoms. The van der Waals surface area contributed by atoms with E-state index >= 15 is 0 Å². The summed E-state index contributed by atoms with van der Waals surface area (Å²) in [5, 5.41) is 9.92. The lowest BCUT2D eigenvalue weighted by molar-refractivity contribution is 0.0700. The molecular weight excluding hydrogens is 250 g/mol. The van der Waals surface area contributed by atoms with E-state index in [1.54, 1.807) is 12.5 Å². The number of hydrogen-bond acceptors (Lipinski definition) is 4. The van der Waals surface area contributed by atoms with Crippen LogP contribution in [0.4, 0.5) is 0 Å². The first-order chi connectivity index (χ1) is 8.49. The quantitative estimate of drug-likeness (QED) is 0.922. The zero-order valence-electron chi connectivity index (χ0n) is 10.5. The average molecular weight is 265 g/mol. The summed E-state index contributed by atoms with van der Waals surface area (Å²) in [5.74, 6) is -0.527. The van der Waals surface area contributed by atoms with Gasteiger partial charge in [0.15, 0.2) is 0 Å². The highest BCUT2D eigenvalue weighted by Gasteiger charge is 2.19. The van der Waals surface area contributed by atoms with Gasteiger partial charge in [-0.2, -0.15) is 0 Å². The molecular formula is C12H15N3O2S. The van der Waals surface area contributed by atoms with Gasteiger partial charge in [0, 0.05) is 7.05 Å². The van der Waals surface area contributed by atoms with Gasteiger partial charge in [0.05, 0.1) is 23.9 Å². The Hall–Kier alpha value is -1.69. The molecule has 0 atom stereocenters. The molecule has 0 amide bonds. The lowest BCUT2D eigenvalue weighted by atomic mass is 10.1. The van der Waals surface area contributed by atoms with Crippen LogP contribution < -0.4 is 0 Å². The summed E-state index contributed by atoms with van der Waals surface area (Å²) in [6.45, 7) is 4.10. The third kappa shape index (κ3) is 2.43. The fourth-order valence-corrected chi connectivity index (χ4v) is 2.70. The molecule has 0 aliphatic rings. The molecule has 0 radical (unpaired) electrons. The Bertz CT molecular complexity index is 572. The average Bonchev–Trinajstić information content (AvgIpc) is 2.83. The maximum atomic E-state index is 11.2. The van der Waals surface area contributed by atoms with E-state index in [1.807, 2.05) is 11.6 Å². The number of thiazole rings is 1. The van der Waals surface area contributed by atoms with Gasteiger partial charge >= 0.3 is 5.97 Å². The summed E-state index contributed by atoms with van der Waals surface area (Å²) < 4.78 is 1.84. The van der Waals surface area contributed by atoms with Crippen molar-refractivity contribution in [3.05, 3.63) is 23.1 Å². The molecule has 96 valence electrons. The van der Waals surface area contributed by atoms with Crippen molar-refractivity contribution in [2.75, 3.05) is 0 Å². The summed E-state index contributed by atoms with van der Waals surface area (Å²) in [6, 6.07) is 0. The Morgan fingerprint density at radius 1 is 1.56 bits per heavy atom. The lowest BCUT2D eigenvalue weighted by Crippen LogP contribution is -2.02. The molecule has 2 aromatic rings. The van der Waals surface area contributed by atoms with Crippen molar-refractivity contribution in [1.29, 1.82) is 0 Å². The molecule has 2 rings (SSSR count). The number of aromatic nitrogens is 3. The van der Waals surface area contributed by atoms with Gasteiger partial charge in [0.25, 0.3) is 0 Å². The highest BCUT2D eigenvalue weighted by molar-refractivity contribution is 7.17. The van der Waals surface area contributed by atoms with Crippen LogP contribution in [-0.2, 0) is 13.5 Å². The minimum atomic E-state index is -0.906. The molecule has 1 N–H and O–H groups in total. The second kappa shape index (κ2) is 4.89. The monoisotopic (exact) mass is 265 g/mol. The molecule has 2 heterocycles. The number of imidazole rings is 1. The van der Waals surface area contributed by atoms with E-state index in [9.17, 15) is 9.90 Å². The fraction of sp³-hybridized carbons (Fsp3) is 0.417. The number of carbonyl (C=O) groups is 1. The predicted molar refractivity (Wildman–Crippen MR) is 69.8 cm³/mol. The van der Waals surface area contributed by atoms with Gasteiger partial charge in [-0.15, -0.1) is 11.3 Å². The van der Waals surface area contributed by atoms with E-state index < -0.39 is 5.97 Å². The molecule has 0 fully saturated rings. The van der Waals surface area contributed by atoms with Gasteiger partial charge < -0.3 is 9.67 Å². The van der Waals surface area contributed by atoms with Crippen molar-refractivity contribution in [1.82, 2.24) is 14.5 Å². The SMILES string of the molecule is CC(C)Cc1nc(-c2cncn2C)sc1C(=O)O. The minimum absolute atomic E-state index is 0.333. The highest BCUT2D eigenvalue weighted by atomic mass is 32.1. The Morgan fingerprint density at radius 2 is 2.28 bits per heavy atom. The Balaban J connectivity index is 2.45. The summed E-state index contributed by atoms with van der Waals surface area (Å²) in [6.07, 6.45) is 4.05. The van der Waals surface area contributed by atoms with Crippen LogP contribution in [0.1, 0.15) is 29.2 Å². The van der Waals surface area contributed by atoms with Crippen molar-refractivity contribution >= 4 is 17.3 Å². The van der Waals surface area contributed by atoms with E-state index in [2.05, 4.69) is 23.8 Å². The topological polar surface area (TPSA) is 68.0 Å². The highest BCUT2D eigenvalue weighted by Crippen LogP contribution is 2.29.